The fourth-order valence-corrected chi connectivity index (χ4v) is 6.17. The highest BCUT2D eigenvalue weighted by Gasteiger charge is 2.31. The second-order valence-electron chi connectivity index (χ2n) is 8.44. The van der Waals surface area contributed by atoms with Crippen LogP contribution in [-0.4, -0.2) is 54.2 Å². The molecule has 5 nitrogen and oxygen atoms in total. The predicted molar refractivity (Wildman–Crippen MR) is 121 cm³/mol. The smallest absolute Gasteiger partial charge is 0.250 e. The number of thiophene rings is 1. The summed E-state index contributed by atoms with van der Waals surface area (Å²) in [6, 6.07) is 7.92. The van der Waals surface area contributed by atoms with Gasteiger partial charge in [0.15, 0.2) is 0 Å². The van der Waals surface area contributed by atoms with Crippen LogP contribution in [0.5, 0.6) is 0 Å². The number of carbonyl (C=O) groups excluding carboxylic acids is 2. The molecule has 1 saturated heterocycles. The third-order valence-electron chi connectivity index (χ3n) is 6.28. The van der Waals surface area contributed by atoms with E-state index in [1.54, 1.807) is 23.5 Å². The maximum Gasteiger partial charge on any atom is 0.250 e. The van der Waals surface area contributed by atoms with Gasteiger partial charge < -0.3 is 10.6 Å². The maximum absolute atomic E-state index is 12.7. The number of ketones is 1. The van der Waals surface area contributed by atoms with Gasteiger partial charge in [-0.3, -0.25) is 14.5 Å². The number of carbonyl (C=O) groups is 2. The van der Waals surface area contributed by atoms with Crippen LogP contribution in [-0.2, 0) is 30.6 Å². The monoisotopic (exact) mass is 445 g/mol. The lowest BCUT2D eigenvalue weighted by Gasteiger charge is -2.39. The van der Waals surface area contributed by atoms with Gasteiger partial charge in [-0.1, -0.05) is 23.7 Å². The van der Waals surface area contributed by atoms with Crippen LogP contribution in [0.2, 0.25) is 5.02 Å². The van der Waals surface area contributed by atoms with E-state index in [0.29, 0.717) is 23.0 Å². The summed E-state index contributed by atoms with van der Waals surface area (Å²) >= 11 is 7.53. The minimum Gasteiger partial charge on any atom is -0.366 e. The lowest BCUT2D eigenvalue weighted by Crippen LogP contribution is -2.45. The molecule has 3 heterocycles. The summed E-state index contributed by atoms with van der Waals surface area (Å²) in [5.74, 6) is -0.319. The van der Waals surface area contributed by atoms with Crippen LogP contribution in [0.4, 0.5) is 0 Å². The maximum atomic E-state index is 12.7. The summed E-state index contributed by atoms with van der Waals surface area (Å²) in [6.45, 7) is 4.08. The number of Topliss-reactive ketones (excluding diaryl/α,β-unsaturated/α-hetero) is 1. The average molecular weight is 446 g/mol. The Balaban J connectivity index is 1.48. The van der Waals surface area contributed by atoms with E-state index >= 15 is 0 Å². The first-order chi connectivity index (χ1) is 14.4. The quantitative estimate of drug-likeness (QED) is 0.740. The van der Waals surface area contributed by atoms with E-state index in [1.165, 1.54) is 17.7 Å². The number of nitrogens with two attached hydrogens (primary N) is 1. The second kappa shape index (κ2) is 9.18. The SMILES string of the molecule is CN1CCC(N2CCc3c(sc(CC(=O)Cc4ccc(Cl)cc4)c3C(N)=O)C2)CC1. The van der Waals surface area contributed by atoms with E-state index in [9.17, 15) is 9.59 Å². The van der Waals surface area contributed by atoms with Crippen LogP contribution >= 0.6 is 22.9 Å². The molecule has 0 radical (unpaired) electrons. The first kappa shape index (κ1) is 21.5. The van der Waals surface area contributed by atoms with Gasteiger partial charge in [0.2, 0.25) is 5.91 Å². The van der Waals surface area contributed by atoms with Crippen molar-refractivity contribution < 1.29 is 9.59 Å². The van der Waals surface area contributed by atoms with Crippen LogP contribution in [0.3, 0.4) is 0 Å². The van der Waals surface area contributed by atoms with E-state index in [-0.39, 0.29) is 12.2 Å². The number of hydrogen-bond acceptors (Lipinski definition) is 5. The number of halogens is 1. The second-order valence-corrected chi connectivity index (χ2v) is 10.1. The van der Waals surface area contributed by atoms with Crippen LogP contribution in [0, 0.1) is 0 Å². The van der Waals surface area contributed by atoms with Crippen molar-refractivity contribution in [1.29, 1.82) is 0 Å². The summed E-state index contributed by atoms with van der Waals surface area (Å²) in [6.07, 6.45) is 3.80. The van der Waals surface area contributed by atoms with E-state index in [4.69, 9.17) is 17.3 Å². The average Bonchev–Trinajstić information content (AvgIpc) is 3.07. The van der Waals surface area contributed by atoms with Crippen LogP contribution < -0.4 is 5.73 Å². The van der Waals surface area contributed by atoms with Crippen LogP contribution in [0.1, 0.15) is 44.1 Å². The topological polar surface area (TPSA) is 66.6 Å². The zero-order valence-corrected chi connectivity index (χ0v) is 18.9. The molecule has 1 fully saturated rings. The van der Waals surface area contributed by atoms with Crippen molar-refractivity contribution in [3.8, 4) is 0 Å². The molecule has 30 heavy (non-hydrogen) atoms. The molecular formula is C23H28ClN3O2S. The fourth-order valence-electron chi connectivity index (χ4n) is 4.63. The van der Waals surface area contributed by atoms with Gasteiger partial charge in [-0.15, -0.1) is 11.3 Å². The van der Waals surface area contributed by atoms with E-state index in [2.05, 4.69) is 16.8 Å². The molecule has 1 aromatic heterocycles. The van der Waals surface area contributed by atoms with Crippen molar-refractivity contribution in [3.05, 3.63) is 55.7 Å². The molecule has 0 bridgehead atoms. The van der Waals surface area contributed by atoms with Crippen molar-refractivity contribution >= 4 is 34.6 Å². The molecular weight excluding hydrogens is 418 g/mol. The molecule has 2 aromatic rings. The number of amides is 1. The molecule has 160 valence electrons. The molecule has 2 N–H and O–H groups in total. The lowest BCUT2D eigenvalue weighted by atomic mass is 9.96. The molecule has 0 atom stereocenters. The summed E-state index contributed by atoms with van der Waals surface area (Å²) < 4.78 is 0. The van der Waals surface area contributed by atoms with Gasteiger partial charge in [0, 0.05) is 46.7 Å². The summed E-state index contributed by atoms with van der Waals surface area (Å²) in [7, 11) is 2.18. The number of benzene rings is 1. The van der Waals surface area contributed by atoms with Gasteiger partial charge in [-0.05, 0) is 62.7 Å². The highest BCUT2D eigenvalue weighted by Crippen LogP contribution is 2.35. The van der Waals surface area contributed by atoms with Gasteiger partial charge in [0.25, 0.3) is 0 Å². The Hall–Kier alpha value is -1.73. The Morgan fingerprint density at radius 1 is 1.13 bits per heavy atom. The van der Waals surface area contributed by atoms with Gasteiger partial charge in [-0.25, -0.2) is 0 Å². The molecule has 2 aliphatic rings. The van der Waals surface area contributed by atoms with Crippen molar-refractivity contribution in [2.45, 2.75) is 44.7 Å². The van der Waals surface area contributed by atoms with E-state index in [0.717, 1.165) is 48.6 Å². The van der Waals surface area contributed by atoms with Crippen LogP contribution in [0.25, 0.3) is 0 Å². The van der Waals surface area contributed by atoms with Gasteiger partial charge >= 0.3 is 0 Å². The third-order valence-corrected chi connectivity index (χ3v) is 7.75. The van der Waals surface area contributed by atoms with Crippen molar-refractivity contribution in [3.63, 3.8) is 0 Å². The van der Waals surface area contributed by atoms with Crippen molar-refractivity contribution in [1.82, 2.24) is 9.80 Å². The first-order valence-corrected chi connectivity index (χ1v) is 11.7. The van der Waals surface area contributed by atoms with Gasteiger partial charge in [0.1, 0.15) is 5.78 Å². The zero-order valence-electron chi connectivity index (χ0n) is 17.3. The van der Waals surface area contributed by atoms with Crippen molar-refractivity contribution in [2.24, 2.45) is 5.73 Å². The fraction of sp³-hybridized carbons (Fsp3) is 0.478. The lowest BCUT2D eigenvalue weighted by molar-refractivity contribution is -0.117. The molecule has 0 spiro atoms. The van der Waals surface area contributed by atoms with E-state index in [1.807, 2.05) is 12.1 Å². The standard InChI is InChI=1S/C23H28ClN3O2S/c1-26-9-6-17(7-10-26)27-11-8-19-21(14-27)30-20(22(19)23(25)29)13-18(28)12-15-2-4-16(24)5-3-15/h2-5,17H,6-14H2,1H3,(H2,25,29). The van der Waals surface area contributed by atoms with Gasteiger partial charge in [-0.2, -0.15) is 0 Å². The number of likely N-dealkylation sites (tertiary alicyclic amines) is 1. The molecule has 4 rings (SSSR count). The molecule has 7 heteroatoms. The molecule has 0 saturated carbocycles. The number of fused-ring (bicyclic) bond motifs is 1. The van der Waals surface area contributed by atoms with Crippen LogP contribution in [0.15, 0.2) is 24.3 Å². The Bertz CT molecular complexity index is 933. The normalized spacial score (nSPS) is 18.3. The van der Waals surface area contributed by atoms with Crippen molar-refractivity contribution in [2.75, 3.05) is 26.7 Å². The highest BCUT2D eigenvalue weighted by molar-refractivity contribution is 7.12. The molecule has 1 aromatic carbocycles. The number of primary amides is 1. The van der Waals surface area contributed by atoms with E-state index < -0.39 is 5.91 Å². The molecule has 2 aliphatic heterocycles. The summed E-state index contributed by atoms with van der Waals surface area (Å²) in [5.41, 5.74) is 8.35. The Morgan fingerprint density at radius 3 is 2.50 bits per heavy atom. The number of hydrogen-bond donors (Lipinski definition) is 1. The minimum atomic E-state index is -0.408. The number of rotatable bonds is 6. The molecule has 0 unspecified atom stereocenters. The number of piperidine rings is 1. The minimum absolute atomic E-state index is 0.0885. The number of nitrogens with zero attached hydrogens (tertiary/aromatic N) is 2. The Morgan fingerprint density at radius 2 is 1.83 bits per heavy atom. The third kappa shape index (κ3) is 4.78. The summed E-state index contributed by atoms with van der Waals surface area (Å²) in [4.78, 5) is 31.9. The molecule has 0 aliphatic carbocycles. The summed E-state index contributed by atoms with van der Waals surface area (Å²) in [5, 5.41) is 0.655. The van der Waals surface area contributed by atoms with Gasteiger partial charge in [0.05, 0.1) is 5.56 Å². The Labute approximate surface area is 186 Å². The molecule has 1 amide bonds. The largest absolute Gasteiger partial charge is 0.366 e. The highest BCUT2D eigenvalue weighted by atomic mass is 35.5. The zero-order chi connectivity index (χ0) is 21.3. The Kier molecular flexibility index (Phi) is 6.58. The predicted octanol–water partition coefficient (Wildman–Crippen LogP) is 3.31. The first-order valence-electron chi connectivity index (χ1n) is 10.5.